The summed E-state index contributed by atoms with van der Waals surface area (Å²) in [4.78, 5) is 7.82. The molecular weight excluding hydrogens is 296 g/mol. The fourth-order valence-electron chi connectivity index (χ4n) is 2.42. The summed E-state index contributed by atoms with van der Waals surface area (Å²) in [5, 5.41) is 8.09. The second-order valence-electron chi connectivity index (χ2n) is 5.28. The number of rotatable bonds is 2. The van der Waals surface area contributed by atoms with Crippen LogP contribution in [0.3, 0.4) is 0 Å². The van der Waals surface area contributed by atoms with Crippen LogP contribution in [0, 0.1) is 6.92 Å². The van der Waals surface area contributed by atoms with Gasteiger partial charge in [0, 0.05) is 10.6 Å². The van der Waals surface area contributed by atoms with E-state index in [-0.39, 0.29) is 0 Å². The fraction of sp³-hybridized carbons (Fsp3) is 0.0588. The van der Waals surface area contributed by atoms with Crippen molar-refractivity contribution in [3.05, 3.63) is 59.1 Å². The molecule has 0 amide bonds. The highest BCUT2D eigenvalue weighted by Gasteiger charge is 2.10. The Morgan fingerprint density at radius 1 is 1.00 bits per heavy atom. The van der Waals surface area contributed by atoms with E-state index in [1.54, 1.807) is 0 Å². The fourth-order valence-corrected chi connectivity index (χ4v) is 2.60. The number of benzene rings is 2. The molecule has 2 heterocycles. The minimum atomic E-state index is 0.688. The van der Waals surface area contributed by atoms with Crippen molar-refractivity contribution in [3.8, 4) is 22.8 Å². The molecule has 0 fully saturated rings. The molecule has 4 nitrogen and oxygen atoms in total. The van der Waals surface area contributed by atoms with Gasteiger partial charge in [-0.05, 0) is 31.2 Å². The Hall–Kier alpha value is -2.59. The van der Waals surface area contributed by atoms with Crippen LogP contribution < -0.4 is 0 Å². The molecule has 0 unspecified atom stereocenters. The van der Waals surface area contributed by atoms with Crippen LogP contribution in [0.5, 0.6) is 0 Å². The summed E-state index contributed by atoms with van der Waals surface area (Å²) in [6.07, 6.45) is 0. The number of fused-ring (bicyclic) bond motifs is 1. The van der Waals surface area contributed by atoms with Crippen LogP contribution in [-0.4, -0.2) is 20.2 Å². The van der Waals surface area contributed by atoms with Gasteiger partial charge in [0.2, 0.25) is 0 Å². The first kappa shape index (κ1) is 13.1. The summed E-state index contributed by atoms with van der Waals surface area (Å²) >= 11 is 6.00. The lowest BCUT2D eigenvalue weighted by molar-refractivity contribution is 1.08. The number of halogens is 1. The van der Waals surface area contributed by atoms with Gasteiger partial charge in [0.25, 0.3) is 0 Å². The van der Waals surface area contributed by atoms with Crippen LogP contribution in [0.1, 0.15) is 5.56 Å². The minimum absolute atomic E-state index is 0.688. The van der Waals surface area contributed by atoms with E-state index in [1.165, 1.54) is 5.56 Å². The molecular formula is C17H13ClN4. The maximum absolute atomic E-state index is 6.00. The van der Waals surface area contributed by atoms with E-state index in [4.69, 9.17) is 11.6 Å². The van der Waals surface area contributed by atoms with Gasteiger partial charge in [-0.25, -0.2) is 4.98 Å². The molecule has 0 spiro atoms. The first-order valence-electron chi connectivity index (χ1n) is 6.97. The van der Waals surface area contributed by atoms with Crippen molar-refractivity contribution in [2.45, 2.75) is 6.92 Å². The average molecular weight is 309 g/mol. The van der Waals surface area contributed by atoms with Crippen LogP contribution in [0.25, 0.3) is 33.8 Å². The molecule has 4 aromatic rings. The third-order valence-electron chi connectivity index (χ3n) is 3.62. The number of nitrogens with one attached hydrogen (secondary N) is 2. The summed E-state index contributed by atoms with van der Waals surface area (Å²) < 4.78 is 0. The van der Waals surface area contributed by atoms with Crippen LogP contribution >= 0.6 is 11.6 Å². The lowest BCUT2D eigenvalue weighted by Crippen LogP contribution is -1.79. The standard InChI is InChI=1S/C17H13ClN4/c1-10-2-4-11(5-3-10)14-9-16(22-21-14)17-19-13-7-6-12(18)8-15(13)20-17/h2-9H,1H3,(H,19,20)(H,21,22). The number of hydrogen-bond acceptors (Lipinski definition) is 2. The van der Waals surface area contributed by atoms with E-state index < -0.39 is 0 Å². The van der Waals surface area contributed by atoms with Crippen molar-refractivity contribution in [2.24, 2.45) is 0 Å². The average Bonchev–Trinajstić information content (AvgIpc) is 3.13. The largest absolute Gasteiger partial charge is 0.337 e. The number of aromatic nitrogens is 4. The van der Waals surface area contributed by atoms with Gasteiger partial charge in [0.15, 0.2) is 5.82 Å². The van der Waals surface area contributed by atoms with Crippen LogP contribution in [-0.2, 0) is 0 Å². The summed E-state index contributed by atoms with van der Waals surface area (Å²) in [5.74, 6) is 0.753. The van der Waals surface area contributed by atoms with Crippen LogP contribution in [0.15, 0.2) is 48.5 Å². The van der Waals surface area contributed by atoms with Gasteiger partial charge in [-0.2, -0.15) is 5.10 Å². The van der Waals surface area contributed by atoms with E-state index in [1.807, 2.05) is 24.3 Å². The minimum Gasteiger partial charge on any atom is -0.337 e. The summed E-state index contributed by atoms with van der Waals surface area (Å²) in [7, 11) is 0. The Labute approximate surface area is 132 Å². The molecule has 22 heavy (non-hydrogen) atoms. The molecule has 0 saturated heterocycles. The molecule has 0 bridgehead atoms. The van der Waals surface area contributed by atoms with Gasteiger partial charge >= 0.3 is 0 Å². The first-order valence-corrected chi connectivity index (χ1v) is 7.35. The SMILES string of the molecule is Cc1ccc(-c2cc(-c3nc4ccc(Cl)cc4[nH]3)[nH]n2)cc1. The smallest absolute Gasteiger partial charge is 0.156 e. The Morgan fingerprint density at radius 2 is 1.82 bits per heavy atom. The third-order valence-corrected chi connectivity index (χ3v) is 3.86. The zero-order valence-corrected chi connectivity index (χ0v) is 12.6. The summed E-state index contributed by atoms with van der Waals surface area (Å²) in [6, 6.07) is 15.9. The number of hydrogen-bond donors (Lipinski definition) is 2. The number of imidazole rings is 1. The summed E-state index contributed by atoms with van der Waals surface area (Å²) in [6.45, 7) is 2.07. The third kappa shape index (κ3) is 2.27. The highest BCUT2D eigenvalue weighted by atomic mass is 35.5. The molecule has 0 saturated carbocycles. The zero-order chi connectivity index (χ0) is 15.1. The van der Waals surface area contributed by atoms with Crippen molar-refractivity contribution < 1.29 is 0 Å². The number of H-pyrrole nitrogens is 2. The van der Waals surface area contributed by atoms with E-state index in [0.29, 0.717) is 5.02 Å². The Balaban J connectivity index is 1.74. The highest BCUT2D eigenvalue weighted by molar-refractivity contribution is 6.31. The van der Waals surface area contributed by atoms with Crippen LogP contribution in [0.2, 0.25) is 5.02 Å². The molecule has 108 valence electrons. The van der Waals surface area contributed by atoms with Crippen molar-refractivity contribution in [1.82, 2.24) is 20.2 Å². The predicted molar refractivity (Wildman–Crippen MR) is 88.9 cm³/mol. The molecule has 0 aliphatic rings. The van der Waals surface area contributed by atoms with Crippen LogP contribution in [0.4, 0.5) is 0 Å². The van der Waals surface area contributed by atoms with Gasteiger partial charge in [0.05, 0.1) is 16.7 Å². The van der Waals surface area contributed by atoms with E-state index in [2.05, 4.69) is 51.4 Å². The maximum atomic E-state index is 6.00. The Bertz CT molecular complexity index is 950. The van der Waals surface area contributed by atoms with E-state index >= 15 is 0 Å². The molecule has 2 N–H and O–H groups in total. The lowest BCUT2D eigenvalue weighted by Gasteiger charge is -1.96. The van der Waals surface area contributed by atoms with Gasteiger partial charge in [-0.3, -0.25) is 5.10 Å². The second kappa shape index (κ2) is 5.00. The topological polar surface area (TPSA) is 57.4 Å². The Kier molecular flexibility index (Phi) is 2.98. The van der Waals surface area contributed by atoms with Crippen molar-refractivity contribution in [1.29, 1.82) is 0 Å². The molecule has 2 aromatic carbocycles. The van der Waals surface area contributed by atoms with Gasteiger partial charge in [-0.1, -0.05) is 41.4 Å². The summed E-state index contributed by atoms with van der Waals surface area (Å²) in [5.41, 5.74) is 5.84. The second-order valence-corrected chi connectivity index (χ2v) is 5.72. The zero-order valence-electron chi connectivity index (χ0n) is 11.9. The number of aryl methyl sites for hydroxylation is 1. The molecule has 0 aliphatic heterocycles. The monoisotopic (exact) mass is 308 g/mol. The number of aromatic amines is 2. The highest BCUT2D eigenvalue weighted by Crippen LogP contribution is 2.25. The van der Waals surface area contributed by atoms with Crippen molar-refractivity contribution >= 4 is 22.6 Å². The normalized spacial score (nSPS) is 11.2. The number of nitrogens with zero attached hydrogens (tertiary/aromatic N) is 2. The molecule has 5 heteroatoms. The molecule has 4 rings (SSSR count). The first-order chi connectivity index (χ1) is 10.7. The van der Waals surface area contributed by atoms with Gasteiger partial charge in [-0.15, -0.1) is 0 Å². The van der Waals surface area contributed by atoms with E-state index in [9.17, 15) is 0 Å². The van der Waals surface area contributed by atoms with Gasteiger partial charge in [0.1, 0.15) is 5.69 Å². The Morgan fingerprint density at radius 3 is 2.64 bits per heavy atom. The maximum Gasteiger partial charge on any atom is 0.156 e. The van der Waals surface area contributed by atoms with Crippen molar-refractivity contribution in [3.63, 3.8) is 0 Å². The van der Waals surface area contributed by atoms with E-state index in [0.717, 1.165) is 33.8 Å². The quantitative estimate of drug-likeness (QED) is 0.569. The molecule has 2 aromatic heterocycles. The molecule has 0 atom stereocenters. The lowest BCUT2D eigenvalue weighted by atomic mass is 10.1. The van der Waals surface area contributed by atoms with Gasteiger partial charge < -0.3 is 4.98 Å². The molecule has 0 aliphatic carbocycles. The predicted octanol–water partition coefficient (Wildman–Crippen LogP) is 4.58. The molecule has 0 radical (unpaired) electrons. The van der Waals surface area contributed by atoms with Crippen molar-refractivity contribution in [2.75, 3.05) is 0 Å².